The third-order valence-corrected chi connectivity index (χ3v) is 5.25. The van der Waals surface area contributed by atoms with Crippen LogP contribution in [0.2, 0.25) is 0 Å². The quantitative estimate of drug-likeness (QED) is 0.798. The summed E-state index contributed by atoms with van der Waals surface area (Å²) < 4.78 is 1.29. The number of hydrogen-bond donors (Lipinski definition) is 2. The molecule has 0 saturated heterocycles. The SMILES string of the molecule is Cc1ccc(NCC2(CO)CCCCC2)cc1I. The molecule has 2 rings (SSSR count). The van der Waals surface area contributed by atoms with Gasteiger partial charge in [-0.3, -0.25) is 0 Å². The van der Waals surface area contributed by atoms with Gasteiger partial charge in [0.1, 0.15) is 0 Å². The van der Waals surface area contributed by atoms with Crippen LogP contribution in [-0.4, -0.2) is 18.3 Å². The summed E-state index contributed by atoms with van der Waals surface area (Å²) in [4.78, 5) is 0. The zero-order valence-corrected chi connectivity index (χ0v) is 13.2. The Balaban J connectivity index is 1.98. The van der Waals surface area contributed by atoms with E-state index in [0.717, 1.165) is 19.4 Å². The fraction of sp³-hybridized carbons (Fsp3) is 0.600. The lowest BCUT2D eigenvalue weighted by atomic mass is 9.74. The molecule has 1 aromatic carbocycles. The molecule has 2 N–H and O–H groups in total. The highest BCUT2D eigenvalue weighted by Crippen LogP contribution is 2.36. The van der Waals surface area contributed by atoms with Gasteiger partial charge in [0.25, 0.3) is 0 Å². The van der Waals surface area contributed by atoms with Crippen molar-refractivity contribution in [3.05, 3.63) is 27.3 Å². The summed E-state index contributed by atoms with van der Waals surface area (Å²) in [5.74, 6) is 0. The smallest absolute Gasteiger partial charge is 0.0504 e. The highest BCUT2D eigenvalue weighted by molar-refractivity contribution is 14.1. The fourth-order valence-corrected chi connectivity index (χ4v) is 3.20. The van der Waals surface area contributed by atoms with Gasteiger partial charge in [0.15, 0.2) is 0 Å². The topological polar surface area (TPSA) is 32.3 Å². The van der Waals surface area contributed by atoms with Gasteiger partial charge in [-0.05, 0) is 60.1 Å². The standard InChI is InChI=1S/C15H22INO/c1-12-5-6-13(9-14(12)16)17-10-15(11-18)7-3-2-4-8-15/h5-6,9,17-18H,2-4,7-8,10-11H2,1H3. The maximum absolute atomic E-state index is 9.68. The monoisotopic (exact) mass is 359 g/mol. The number of benzene rings is 1. The summed E-state index contributed by atoms with van der Waals surface area (Å²) in [6, 6.07) is 6.46. The minimum absolute atomic E-state index is 0.106. The number of rotatable bonds is 4. The van der Waals surface area contributed by atoms with E-state index in [1.54, 1.807) is 0 Å². The largest absolute Gasteiger partial charge is 0.396 e. The Morgan fingerprint density at radius 3 is 2.61 bits per heavy atom. The van der Waals surface area contributed by atoms with Crippen LogP contribution >= 0.6 is 22.6 Å². The van der Waals surface area contributed by atoms with E-state index in [1.165, 1.54) is 34.1 Å². The average Bonchev–Trinajstić information content (AvgIpc) is 2.41. The van der Waals surface area contributed by atoms with Crippen molar-refractivity contribution >= 4 is 28.3 Å². The Morgan fingerprint density at radius 1 is 1.28 bits per heavy atom. The van der Waals surface area contributed by atoms with Crippen LogP contribution < -0.4 is 5.32 Å². The number of aliphatic hydroxyl groups excluding tert-OH is 1. The highest BCUT2D eigenvalue weighted by Gasteiger charge is 2.31. The molecule has 0 bridgehead atoms. The Morgan fingerprint density at radius 2 is 2.00 bits per heavy atom. The lowest BCUT2D eigenvalue weighted by Gasteiger charge is -2.36. The van der Waals surface area contributed by atoms with Crippen molar-refractivity contribution in [3.63, 3.8) is 0 Å². The molecule has 0 amide bonds. The molecule has 0 heterocycles. The predicted octanol–water partition coefficient (Wildman–Crippen LogP) is 3.95. The fourth-order valence-electron chi connectivity index (χ4n) is 2.68. The Labute approximate surface area is 123 Å². The number of nitrogens with one attached hydrogen (secondary N) is 1. The van der Waals surface area contributed by atoms with Crippen LogP contribution in [0.15, 0.2) is 18.2 Å². The minimum Gasteiger partial charge on any atom is -0.396 e. The summed E-state index contributed by atoms with van der Waals surface area (Å²) >= 11 is 2.37. The Hall–Kier alpha value is -0.290. The van der Waals surface area contributed by atoms with E-state index in [9.17, 15) is 5.11 Å². The number of aryl methyl sites for hydroxylation is 1. The van der Waals surface area contributed by atoms with Gasteiger partial charge in [-0.1, -0.05) is 25.3 Å². The maximum Gasteiger partial charge on any atom is 0.0504 e. The maximum atomic E-state index is 9.68. The van der Waals surface area contributed by atoms with E-state index in [0.29, 0.717) is 6.61 Å². The van der Waals surface area contributed by atoms with E-state index >= 15 is 0 Å². The third kappa shape index (κ3) is 3.38. The first kappa shape index (κ1) is 14.1. The van der Waals surface area contributed by atoms with Gasteiger partial charge in [-0.15, -0.1) is 0 Å². The molecule has 0 aliphatic heterocycles. The average molecular weight is 359 g/mol. The lowest BCUT2D eigenvalue weighted by Crippen LogP contribution is -2.35. The van der Waals surface area contributed by atoms with E-state index in [2.05, 4.69) is 53.0 Å². The summed E-state index contributed by atoms with van der Waals surface area (Å²) in [6.45, 7) is 3.33. The predicted molar refractivity (Wildman–Crippen MR) is 85.0 cm³/mol. The molecule has 0 aromatic heterocycles. The Bertz CT molecular complexity index is 399. The molecule has 1 aliphatic carbocycles. The van der Waals surface area contributed by atoms with Gasteiger partial charge < -0.3 is 10.4 Å². The van der Waals surface area contributed by atoms with Crippen LogP contribution in [0.4, 0.5) is 5.69 Å². The lowest BCUT2D eigenvalue weighted by molar-refractivity contribution is 0.0944. The number of halogens is 1. The molecule has 100 valence electrons. The molecule has 0 spiro atoms. The molecular weight excluding hydrogens is 337 g/mol. The molecule has 2 nitrogen and oxygen atoms in total. The van der Waals surface area contributed by atoms with Crippen molar-refractivity contribution in [2.75, 3.05) is 18.5 Å². The summed E-state index contributed by atoms with van der Waals surface area (Å²) in [5, 5.41) is 13.2. The molecule has 0 atom stereocenters. The number of aliphatic hydroxyl groups is 1. The second-order valence-electron chi connectivity index (χ2n) is 5.54. The second-order valence-corrected chi connectivity index (χ2v) is 6.70. The Kier molecular flexibility index (Phi) is 4.90. The van der Waals surface area contributed by atoms with Crippen molar-refractivity contribution in [3.8, 4) is 0 Å². The normalized spacial score (nSPS) is 18.6. The molecule has 0 radical (unpaired) electrons. The van der Waals surface area contributed by atoms with Crippen molar-refractivity contribution in [1.82, 2.24) is 0 Å². The van der Waals surface area contributed by atoms with Crippen molar-refractivity contribution in [2.45, 2.75) is 39.0 Å². The minimum atomic E-state index is 0.106. The molecule has 1 aliphatic rings. The zero-order valence-electron chi connectivity index (χ0n) is 11.0. The van der Waals surface area contributed by atoms with Gasteiger partial charge in [-0.2, -0.15) is 0 Å². The van der Waals surface area contributed by atoms with Crippen molar-refractivity contribution in [1.29, 1.82) is 0 Å². The van der Waals surface area contributed by atoms with Crippen molar-refractivity contribution < 1.29 is 5.11 Å². The molecule has 3 heteroatoms. The van der Waals surface area contributed by atoms with Crippen LogP contribution in [0.3, 0.4) is 0 Å². The van der Waals surface area contributed by atoms with Gasteiger partial charge in [0.05, 0.1) is 6.61 Å². The van der Waals surface area contributed by atoms with Crippen LogP contribution in [0.5, 0.6) is 0 Å². The van der Waals surface area contributed by atoms with Crippen LogP contribution in [0.25, 0.3) is 0 Å². The molecule has 18 heavy (non-hydrogen) atoms. The van der Waals surface area contributed by atoms with E-state index < -0.39 is 0 Å². The van der Waals surface area contributed by atoms with Crippen LogP contribution in [-0.2, 0) is 0 Å². The summed E-state index contributed by atoms with van der Waals surface area (Å²) in [5.41, 5.74) is 2.59. The van der Waals surface area contributed by atoms with Crippen molar-refractivity contribution in [2.24, 2.45) is 5.41 Å². The highest BCUT2D eigenvalue weighted by atomic mass is 127. The molecule has 0 unspecified atom stereocenters. The first-order valence-electron chi connectivity index (χ1n) is 6.76. The zero-order chi connectivity index (χ0) is 13.0. The van der Waals surface area contributed by atoms with Gasteiger partial charge >= 0.3 is 0 Å². The molecule has 1 fully saturated rings. The van der Waals surface area contributed by atoms with Gasteiger partial charge in [0.2, 0.25) is 0 Å². The van der Waals surface area contributed by atoms with Crippen LogP contribution in [0.1, 0.15) is 37.7 Å². The number of hydrogen-bond acceptors (Lipinski definition) is 2. The van der Waals surface area contributed by atoms with Crippen LogP contribution in [0, 0.1) is 15.9 Å². The van der Waals surface area contributed by atoms with E-state index in [1.807, 2.05) is 0 Å². The molecule has 1 saturated carbocycles. The number of anilines is 1. The third-order valence-electron chi connectivity index (χ3n) is 4.09. The summed E-state index contributed by atoms with van der Waals surface area (Å²) in [6.07, 6.45) is 6.14. The van der Waals surface area contributed by atoms with E-state index in [-0.39, 0.29) is 5.41 Å². The first-order chi connectivity index (χ1) is 8.65. The van der Waals surface area contributed by atoms with E-state index in [4.69, 9.17) is 0 Å². The van der Waals surface area contributed by atoms with Gasteiger partial charge in [0, 0.05) is 21.2 Å². The van der Waals surface area contributed by atoms with Gasteiger partial charge in [-0.25, -0.2) is 0 Å². The summed E-state index contributed by atoms with van der Waals surface area (Å²) in [7, 11) is 0. The molecule has 1 aromatic rings. The first-order valence-corrected chi connectivity index (χ1v) is 7.84. The molecular formula is C15H22INO. The second kappa shape index (κ2) is 6.24.